The number of guanidine groups is 1. The number of halogens is 1. The van der Waals surface area contributed by atoms with E-state index in [9.17, 15) is 8.42 Å². The summed E-state index contributed by atoms with van der Waals surface area (Å²) in [5.74, 6) is 0.907. The van der Waals surface area contributed by atoms with Crippen molar-refractivity contribution in [3.8, 4) is 0 Å². The van der Waals surface area contributed by atoms with Crippen molar-refractivity contribution in [2.75, 3.05) is 52.1 Å². The molecule has 0 saturated carbocycles. The minimum atomic E-state index is -3.06. The molecule has 0 amide bonds. The molecule has 1 heterocycles. The topological polar surface area (TPSA) is 77.0 Å². The van der Waals surface area contributed by atoms with Crippen LogP contribution in [0.25, 0.3) is 0 Å². The number of nitrogens with zero attached hydrogens (tertiary/aromatic N) is 3. The van der Waals surface area contributed by atoms with E-state index in [0.29, 0.717) is 38.6 Å². The number of aliphatic imine (C=N–C) groups is 1. The minimum absolute atomic E-state index is 0.112. The fourth-order valence-electron chi connectivity index (χ4n) is 3.50. The van der Waals surface area contributed by atoms with Crippen LogP contribution in [0.5, 0.6) is 0 Å². The smallest absolute Gasteiger partial charge is 0.214 e. The molecule has 0 aliphatic carbocycles. The molecule has 9 heteroatoms. The molecule has 0 aromatic heterocycles. The number of rotatable bonds is 9. The number of hydrogen-bond acceptors (Lipinski definition) is 4. The summed E-state index contributed by atoms with van der Waals surface area (Å²) in [5, 5.41) is 7.33. The molecule has 1 aliphatic rings. The molecular formula is C19H32ClN5O2S. The third-order valence-electron chi connectivity index (χ3n) is 5.06. The molecular weight excluding hydrogens is 398 g/mol. The normalized spacial score (nSPS) is 18.4. The van der Waals surface area contributed by atoms with Crippen LogP contribution in [0.2, 0.25) is 5.02 Å². The first kappa shape index (κ1) is 22.9. The fraction of sp³-hybridized carbons (Fsp3) is 0.632. The third kappa shape index (κ3) is 6.07. The van der Waals surface area contributed by atoms with Crippen LogP contribution in [0.1, 0.15) is 31.9 Å². The molecule has 1 saturated heterocycles. The van der Waals surface area contributed by atoms with E-state index < -0.39 is 10.0 Å². The Balaban J connectivity index is 1.95. The lowest BCUT2D eigenvalue weighted by Crippen LogP contribution is -2.45. The molecule has 1 aromatic carbocycles. The fourth-order valence-corrected chi connectivity index (χ4v) is 5.29. The number of hydrogen-bond donors (Lipinski definition) is 2. The Morgan fingerprint density at radius 2 is 2.00 bits per heavy atom. The van der Waals surface area contributed by atoms with Crippen molar-refractivity contribution in [1.82, 2.24) is 19.8 Å². The average Bonchev–Trinajstić information content (AvgIpc) is 3.02. The second-order valence-electron chi connectivity index (χ2n) is 6.71. The minimum Gasteiger partial charge on any atom is -0.355 e. The maximum Gasteiger partial charge on any atom is 0.214 e. The van der Waals surface area contributed by atoms with Crippen molar-refractivity contribution in [2.24, 2.45) is 4.99 Å². The molecule has 0 bridgehead atoms. The van der Waals surface area contributed by atoms with Crippen LogP contribution in [0, 0.1) is 0 Å². The van der Waals surface area contributed by atoms with Gasteiger partial charge in [-0.3, -0.25) is 9.89 Å². The van der Waals surface area contributed by atoms with Crippen molar-refractivity contribution in [1.29, 1.82) is 0 Å². The van der Waals surface area contributed by atoms with Crippen molar-refractivity contribution >= 4 is 27.6 Å². The van der Waals surface area contributed by atoms with Crippen LogP contribution in [-0.4, -0.2) is 75.7 Å². The van der Waals surface area contributed by atoms with Gasteiger partial charge in [-0.25, -0.2) is 12.7 Å². The first-order chi connectivity index (χ1) is 13.4. The number of sulfonamides is 1. The largest absolute Gasteiger partial charge is 0.355 e. The average molecular weight is 430 g/mol. The summed E-state index contributed by atoms with van der Waals surface area (Å²) in [6.07, 6.45) is 0.707. The van der Waals surface area contributed by atoms with Gasteiger partial charge in [-0.15, -0.1) is 0 Å². The highest BCUT2D eigenvalue weighted by molar-refractivity contribution is 7.89. The standard InChI is InChI=1S/C19H32ClN5O2S/c1-4-24(5-2)18(16-9-6-7-10-17(16)20)15-23-19(21-3)22-11-13-25-12-8-14-28(25,26)27/h6-7,9-10,18H,4-5,8,11-15H2,1-3H3,(H2,21,22,23). The molecule has 28 heavy (non-hydrogen) atoms. The Kier molecular flexibility index (Phi) is 9.01. The molecule has 1 fully saturated rings. The van der Waals surface area contributed by atoms with Gasteiger partial charge in [-0.05, 0) is 31.1 Å². The molecule has 2 N–H and O–H groups in total. The van der Waals surface area contributed by atoms with Gasteiger partial charge in [-0.2, -0.15) is 0 Å². The lowest BCUT2D eigenvalue weighted by molar-refractivity contribution is 0.219. The van der Waals surface area contributed by atoms with E-state index in [4.69, 9.17) is 11.6 Å². The van der Waals surface area contributed by atoms with E-state index in [1.807, 2.05) is 18.2 Å². The number of nitrogens with one attached hydrogen (secondary N) is 2. The second-order valence-corrected chi connectivity index (χ2v) is 9.20. The Bertz CT molecular complexity index is 752. The van der Waals surface area contributed by atoms with Crippen molar-refractivity contribution in [2.45, 2.75) is 26.3 Å². The summed E-state index contributed by atoms with van der Waals surface area (Å²) in [7, 11) is -1.35. The zero-order valence-corrected chi connectivity index (χ0v) is 18.6. The van der Waals surface area contributed by atoms with E-state index in [0.717, 1.165) is 23.7 Å². The second kappa shape index (κ2) is 11.0. The summed E-state index contributed by atoms with van der Waals surface area (Å²) in [4.78, 5) is 6.61. The van der Waals surface area contributed by atoms with Crippen molar-refractivity contribution in [3.05, 3.63) is 34.9 Å². The van der Waals surface area contributed by atoms with E-state index in [1.165, 1.54) is 4.31 Å². The van der Waals surface area contributed by atoms with Gasteiger partial charge in [0.15, 0.2) is 5.96 Å². The van der Waals surface area contributed by atoms with Gasteiger partial charge in [0.25, 0.3) is 0 Å². The predicted molar refractivity (Wildman–Crippen MR) is 116 cm³/mol. The van der Waals surface area contributed by atoms with E-state index in [2.05, 4.69) is 40.4 Å². The first-order valence-corrected chi connectivity index (χ1v) is 11.8. The third-order valence-corrected chi connectivity index (χ3v) is 7.36. The molecule has 1 aromatic rings. The van der Waals surface area contributed by atoms with Gasteiger partial charge < -0.3 is 10.6 Å². The van der Waals surface area contributed by atoms with Crippen LogP contribution < -0.4 is 10.6 Å². The number of likely N-dealkylation sites (N-methyl/N-ethyl adjacent to an activating group) is 1. The monoisotopic (exact) mass is 429 g/mol. The first-order valence-electron chi connectivity index (χ1n) is 9.83. The molecule has 1 unspecified atom stereocenters. The van der Waals surface area contributed by atoms with Crippen LogP contribution in [-0.2, 0) is 10.0 Å². The molecule has 158 valence electrons. The van der Waals surface area contributed by atoms with Crippen molar-refractivity contribution in [3.63, 3.8) is 0 Å². The van der Waals surface area contributed by atoms with Crippen LogP contribution in [0.15, 0.2) is 29.3 Å². The van der Waals surface area contributed by atoms with Gasteiger partial charge in [0.2, 0.25) is 10.0 Å². The Labute approximate surface area is 174 Å². The summed E-state index contributed by atoms with van der Waals surface area (Å²) < 4.78 is 25.3. The van der Waals surface area contributed by atoms with Crippen molar-refractivity contribution < 1.29 is 8.42 Å². The lowest BCUT2D eigenvalue weighted by Gasteiger charge is -2.31. The molecule has 0 radical (unpaired) electrons. The Morgan fingerprint density at radius 1 is 1.29 bits per heavy atom. The molecule has 2 rings (SSSR count). The van der Waals surface area contributed by atoms with Crippen LogP contribution in [0.4, 0.5) is 0 Å². The lowest BCUT2D eigenvalue weighted by atomic mass is 10.0. The maximum absolute atomic E-state index is 11.9. The van der Waals surface area contributed by atoms with Gasteiger partial charge in [-0.1, -0.05) is 43.6 Å². The van der Waals surface area contributed by atoms with Gasteiger partial charge in [0, 0.05) is 38.2 Å². The molecule has 1 atom stereocenters. The highest BCUT2D eigenvalue weighted by atomic mass is 35.5. The maximum atomic E-state index is 11.9. The summed E-state index contributed by atoms with van der Waals surface area (Å²) >= 11 is 6.45. The molecule has 0 spiro atoms. The quantitative estimate of drug-likeness (QED) is 0.463. The Hall–Kier alpha value is -1.35. The molecule has 1 aliphatic heterocycles. The van der Waals surface area contributed by atoms with E-state index in [1.54, 1.807) is 7.05 Å². The molecule has 7 nitrogen and oxygen atoms in total. The summed E-state index contributed by atoms with van der Waals surface area (Å²) in [6, 6.07) is 8.02. The van der Waals surface area contributed by atoms with Gasteiger partial charge >= 0.3 is 0 Å². The van der Waals surface area contributed by atoms with E-state index in [-0.39, 0.29) is 11.8 Å². The highest BCUT2D eigenvalue weighted by Crippen LogP contribution is 2.26. The van der Waals surface area contributed by atoms with Crippen LogP contribution in [0.3, 0.4) is 0 Å². The zero-order valence-electron chi connectivity index (χ0n) is 17.0. The summed E-state index contributed by atoms with van der Waals surface area (Å²) in [6.45, 7) is 8.31. The predicted octanol–water partition coefficient (Wildman–Crippen LogP) is 1.92. The van der Waals surface area contributed by atoms with Gasteiger partial charge in [0.1, 0.15) is 0 Å². The van der Waals surface area contributed by atoms with E-state index >= 15 is 0 Å². The highest BCUT2D eigenvalue weighted by Gasteiger charge is 2.27. The van der Waals surface area contributed by atoms with Crippen LogP contribution >= 0.6 is 11.6 Å². The summed E-state index contributed by atoms with van der Waals surface area (Å²) in [5.41, 5.74) is 1.08. The number of benzene rings is 1. The Morgan fingerprint density at radius 3 is 2.57 bits per heavy atom. The SMILES string of the molecule is CCN(CC)C(CNC(=NC)NCCN1CCCS1(=O)=O)c1ccccc1Cl. The van der Waals surface area contributed by atoms with Gasteiger partial charge in [0.05, 0.1) is 11.8 Å². The zero-order chi connectivity index (χ0) is 20.6.